The third kappa shape index (κ3) is 4.75. The zero-order chi connectivity index (χ0) is 22.7. The van der Waals surface area contributed by atoms with Crippen LogP contribution >= 0.6 is 11.8 Å². The van der Waals surface area contributed by atoms with Gasteiger partial charge in [0, 0.05) is 0 Å². The number of carbonyl (C=O) groups excluding carboxylic acids is 1. The highest BCUT2D eigenvalue weighted by Crippen LogP contribution is 2.29. The molecule has 0 aliphatic carbocycles. The standard InChI is InChI=1S/C24H24N4O3S/c1-4-21-27-28-22(25)19(23(29)26-24(28)32-21)14-17-6-8-18(9-7-17)30-11-12-31-20-10-5-15(2)13-16(20)3/h5-10,13-14,25H,4,11-12H2,1-3H3. The fourth-order valence-corrected chi connectivity index (χ4v) is 4.10. The number of carbonyl (C=O) groups is 1. The maximum Gasteiger partial charge on any atom is 0.283 e. The van der Waals surface area contributed by atoms with Crippen molar-refractivity contribution >= 4 is 39.8 Å². The number of nitrogens with one attached hydrogen (secondary N) is 1. The van der Waals surface area contributed by atoms with Crippen molar-refractivity contribution in [3.05, 3.63) is 64.7 Å². The van der Waals surface area contributed by atoms with Crippen LogP contribution in [0.3, 0.4) is 0 Å². The molecule has 0 radical (unpaired) electrons. The zero-order valence-corrected chi connectivity index (χ0v) is 19.0. The Morgan fingerprint density at radius 3 is 2.56 bits per heavy atom. The van der Waals surface area contributed by atoms with Crippen LogP contribution in [0.4, 0.5) is 0 Å². The summed E-state index contributed by atoms with van der Waals surface area (Å²) >= 11 is 1.33. The summed E-state index contributed by atoms with van der Waals surface area (Å²) in [4.78, 5) is 16.5. The van der Waals surface area contributed by atoms with Crippen LogP contribution in [0.15, 0.2) is 58.1 Å². The molecule has 7 nitrogen and oxygen atoms in total. The van der Waals surface area contributed by atoms with Crippen LogP contribution in [0.2, 0.25) is 0 Å². The van der Waals surface area contributed by atoms with Gasteiger partial charge in [0.2, 0.25) is 5.17 Å². The van der Waals surface area contributed by atoms with Crippen LogP contribution < -0.4 is 9.47 Å². The maximum atomic E-state index is 12.4. The Balaban J connectivity index is 1.35. The second kappa shape index (κ2) is 9.40. The molecule has 8 heteroatoms. The third-order valence-electron chi connectivity index (χ3n) is 4.93. The average molecular weight is 449 g/mol. The highest BCUT2D eigenvalue weighted by Gasteiger charge is 2.34. The van der Waals surface area contributed by atoms with E-state index in [1.807, 2.05) is 50.2 Å². The molecule has 0 fully saturated rings. The molecule has 0 saturated heterocycles. The van der Waals surface area contributed by atoms with Crippen molar-refractivity contribution < 1.29 is 14.3 Å². The number of thioether (sulfide) groups is 1. The molecule has 4 rings (SSSR count). The quantitative estimate of drug-likeness (QED) is 0.486. The number of amides is 1. The lowest BCUT2D eigenvalue weighted by Gasteiger charge is -2.20. The molecule has 2 aliphatic rings. The first kappa shape index (κ1) is 21.8. The Bertz CT molecular complexity index is 1150. The summed E-state index contributed by atoms with van der Waals surface area (Å²) in [6, 6.07) is 13.4. The van der Waals surface area contributed by atoms with Crippen LogP contribution in [0.1, 0.15) is 30.0 Å². The molecule has 0 atom stereocenters. The highest BCUT2D eigenvalue weighted by molar-refractivity contribution is 8.26. The Labute approximate surface area is 191 Å². The minimum absolute atomic E-state index is 0.0415. The van der Waals surface area contributed by atoms with Crippen molar-refractivity contribution in [1.82, 2.24) is 5.01 Å². The molecule has 0 bridgehead atoms. The van der Waals surface area contributed by atoms with Crippen LogP contribution in [-0.2, 0) is 4.79 Å². The number of aryl methyl sites for hydroxylation is 2. The first-order valence-corrected chi connectivity index (χ1v) is 11.2. The molecule has 164 valence electrons. The van der Waals surface area contributed by atoms with Gasteiger partial charge in [-0.3, -0.25) is 10.2 Å². The molecule has 1 N–H and O–H groups in total. The van der Waals surface area contributed by atoms with Crippen molar-refractivity contribution in [2.24, 2.45) is 10.1 Å². The van der Waals surface area contributed by atoms with Crippen molar-refractivity contribution in [2.75, 3.05) is 13.2 Å². The van der Waals surface area contributed by atoms with Gasteiger partial charge in [-0.25, -0.2) is 0 Å². The van der Waals surface area contributed by atoms with Gasteiger partial charge in [-0.2, -0.15) is 15.1 Å². The van der Waals surface area contributed by atoms with E-state index in [1.54, 1.807) is 6.08 Å². The monoisotopic (exact) mass is 448 g/mol. The number of ether oxygens (including phenoxy) is 2. The molecule has 2 aromatic rings. The molecule has 0 spiro atoms. The molecular formula is C24H24N4O3S. The Morgan fingerprint density at radius 2 is 1.84 bits per heavy atom. The van der Waals surface area contributed by atoms with E-state index in [-0.39, 0.29) is 11.4 Å². The van der Waals surface area contributed by atoms with E-state index in [0.29, 0.717) is 24.1 Å². The summed E-state index contributed by atoms with van der Waals surface area (Å²) in [5.41, 5.74) is 3.30. The number of hydrogen-bond acceptors (Lipinski definition) is 6. The van der Waals surface area contributed by atoms with Gasteiger partial charge >= 0.3 is 0 Å². The van der Waals surface area contributed by atoms with E-state index in [2.05, 4.69) is 23.1 Å². The van der Waals surface area contributed by atoms with Gasteiger partial charge < -0.3 is 9.47 Å². The average Bonchev–Trinajstić information content (AvgIpc) is 3.19. The van der Waals surface area contributed by atoms with Crippen LogP contribution in [0.25, 0.3) is 6.08 Å². The predicted octanol–water partition coefficient (Wildman–Crippen LogP) is 4.79. The third-order valence-corrected chi connectivity index (χ3v) is 5.98. The molecular weight excluding hydrogens is 424 g/mol. The number of fused-ring (bicyclic) bond motifs is 1. The van der Waals surface area contributed by atoms with Crippen LogP contribution in [0, 0.1) is 19.3 Å². The molecule has 0 aromatic heterocycles. The van der Waals surface area contributed by atoms with Crippen molar-refractivity contribution in [3.8, 4) is 11.5 Å². The molecule has 32 heavy (non-hydrogen) atoms. The van der Waals surface area contributed by atoms with Gasteiger partial charge in [0.1, 0.15) is 29.8 Å². The Morgan fingerprint density at radius 1 is 1.09 bits per heavy atom. The number of benzene rings is 2. The van der Waals surface area contributed by atoms with Gasteiger partial charge in [-0.1, -0.05) is 36.8 Å². The zero-order valence-electron chi connectivity index (χ0n) is 18.2. The second-order valence-corrected chi connectivity index (χ2v) is 8.44. The van der Waals surface area contributed by atoms with E-state index < -0.39 is 5.91 Å². The lowest BCUT2D eigenvalue weighted by atomic mass is 10.1. The van der Waals surface area contributed by atoms with Gasteiger partial charge in [-0.15, -0.1) is 0 Å². The normalized spacial score (nSPS) is 16.7. The summed E-state index contributed by atoms with van der Waals surface area (Å²) in [5.74, 6) is 1.18. The summed E-state index contributed by atoms with van der Waals surface area (Å²) in [6.07, 6.45) is 2.39. The summed E-state index contributed by atoms with van der Waals surface area (Å²) in [7, 11) is 0. The van der Waals surface area contributed by atoms with E-state index >= 15 is 0 Å². The van der Waals surface area contributed by atoms with Crippen molar-refractivity contribution in [1.29, 1.82) is 5.41 Å². The summed E-state index contributed by atoms with van der Waals surface area (Å²) in [6.45, 7) is 6.91. The number of hydrogen-bond donors (Lipinski definition) is 1. The first-order valence-electron chi connectivity index (χ1n) is 10.4. The lowest BCUT2D eigenvalue weighted by molar-refractivity contribution is -0.114. The Hall–Kier alpha value is -3.39. The minimum Gasteiger partial charge on any atom is -0.490 e. The fourth-order valence-electron chi connectivity index (χ4n) is 3.27. The van der Waals surface area contributed by atoms with Gasteiger partial charge in [0.05, 0.1) is 5.57 Å². The SMILES string of the molecule is CCC1=NN2C(=N)C(=Cc3ccc(OCCOc4ccc(C)cc4C)cc3)C(=O)N=C2S1. The van der Waals surface area contributed by atoms with E-state index in [9.17, 15) is 4.79 Å². The number of nitrogens with zero attached hydrogens (tertiary/aromatic N) is 3. The number of hydrazone groups is 1. The molecule has 2 heterocycles. The van der Waals surface area contributed by atoms with E-state index in [4.69, 9.17) is 14.9 Å². The smallest absolute Gasteiger partial charge is 0.283 e. The lowest BCUT2D eigenvalue weighted by Crippen LogP contribution is -2.35. The predicted molar refractivity (Wildman–Crippen MR) is 129 cm³/mol. The molecule has 2 aliphatic heterocycles. The fraction of sp³-hybridized carbons (Fsp3) is 0.250. The van der Waals surface area contributed by atoms with Crippen LogP contribution in [-0.4, -0.2) is 40.2 Å². The number of rotatable bonds is 7. The van der Waals surface area contributed by atoms with Crippen LogP contribution in [0.5, 0.6) is 11.5 Å². The van der Waals surface area contributed by atoms with Crippen molar-refractivity contribution in [3.63, 3.8) is 0 Å². The molecule has 2 aromatic carbocycles. The van der Waals surface area contributed by atoms with Gasteiger partial charge in [0.25, 0.3) is 5.91 Å². The topological polar surface area (TPSA) is 87.3 Å². The van der Waals surface area contributed by atoms with Crippen molar-refractivity contribution in [2.45, 2.75) is 27.2 Å². The molecule has 0 unspecified atom stereocenters. The van der Waals surface area contributed by atoms with Gasteiger partial charge in [-0.05, 0) is 67.4 Å². The highest BCUT2D eigenvalue weighted by atomic mass is 32.2. The largest absolute Gasteiger partial charge is 0.490 e. The minimum atomic E-state index is -0.426. The van der Waals surface area contributed by atoms with E-state index in [0.717, 1.165) is 28.3 Å². The maximum absolute atomic E-state index is 12.4. The van der Waals surface area contributed by atoms with E-state index in [1.165, 1.54) is 22.3 Å². The Kier molecular flexibility index (Phi) is 6.41. The number of amidine groups is 2. The second-order valence-electron chi connectivity index (χ2n) is 7.40. The number of aliphatic imine (C=N–C) groups is 1. The molecule has 1 amide bonds. The van der Waals surface area contributed by atoms with Gasteiger partial charge in [0.15, 0.2) is 5.84 Å². The summed E-state index contributed by atoms with van der Waals surface area (Å²) < 4.78 is 11.5. The summed E-state index contributed by atoms with van der Waals surface area (Å²) in [5, 5.41) is 15.4. The molecule has 0 saturated carbocycles. The first-order chi connectivity index (χ1) is 15.4.